The van der Waals surface area contributed by atoms with Gasteiger partial charge < -0.3 is 24.4 Å². The second kappa shape index (κ2) is 15.3. The van der Waals surface area contributed by atoms with Crippen LogP contribution in [0, 0.1) is 18.3 Å². The molecule has 0 radical (unpaired) electrons. The third-order valence-corrected chi connectivity index (χ3v) is 11.2. The minimum absolute atomic E-state index is 0.0119. The molecule has 17 heteroatoms. The number of alkyl halides is 4. The first-order valence-electron chi connectivity index (χ1n) is 19.2. The van der Waals surface area contributed by atoms with Crippen molar-refractivity contribution in [2.75, 3.05) is 45.2 Å². The fraction of sp³-hybridized carbons (Fsp3) is 0.550. The van der Waals surface area contributed by atoms with Gasteiger partial charge in [-0.3, -0.25) is 14.8 Å². The molecule has 2 bridgehead atoms. The second-order valence-electron chi connectivity index (χ2n) is 16.1. The Morgan fingerprint density at radius 3 is 2.39 bits per heavy atom. The summed E-state index contributed by atoms with van der Waals surface area (Å²) < 4.78 is 70.0. The normalized spacial score (nSPS) is 22.4. The molecule has 0 aliphatic carbocycles. The lowest BCUT2D eigenvalue weighted by atomic mass is 9.90. The number of nitrogens with zero attached hydrogens (tertiary/aromatic N) is 9. The van der Waals surface area contributed by atoms with Gasteiger partial charge >= 0.3 is 18.3 Å². The minimum Gasteiger partial charge on any atom is -0.467 e. The van der Waals surface area contributed by atoms with E-state index >= 15 is 0 Å². The topological polar surface area (TPSA) is 137 Å². The average molecular weight is 793 g/mol. The summed E-state index contributed by atoms with van der Waals surface area (Å²) in [5.41, 5.74) is 1.24. The molecule has 1 amide bonds. The number of amides is 1. The molecule has 13 nitrogen and oxygen atoms in total. The van der Waals surface area contributed by atoms with Crippen molar-refractivity contribution in [1.29, 1.82) is 5.26 Å². The van der Waals surface area contributed by atoms with Gasteiger partial charge in [0, 0.05) is 62.5 Å². The highest BCUT2D eigenvalue weighted by Crippen LogP contribution is 2.46. The van der Waals surface area contributed by atoms with E-state index in [-0.39, 0.29) is 52.3 Å². The smallest absolute Gasteiger partial charge is 0.417 e. The highest BCUT2D eigenvalue weighted by Gasteiger charge is 2.45. The van der Waals surface area contributed by atoms with Crippen LogP contribution < -0.4 is 15.1 Å². The molecular formula is C40H48F4N10O3. The molecule has 4 aliphatic heterocycles. The van der Waals surface area contributed by atoms with Gasteiger partial charge in [-0.25, -0.2) is 9.18 Å². The van der Waals surface area contributed by atoms with Crippen LogP contribution in [0.3, 0.4) is 0 Å². The van der Waals surface area contributed by atoms with Crippen LogP contribution in [0.4, 0.5) is 28.2 Å². The maximum absolute atomic E-state index is 14.8. The number of methoxy groups -OCH3 is 1. The molecule has 8 rings (SSSR count). The number of hydrogen-bond acceptors (Lipinski definition) is 11. The molecule has 0 saturated carbocycles. The summed E-state index contributed by atoms with van der Waals surface area (Å²) in [5, 5.41) is 15.1. The number of pyridine rings is 1. The van der Waals surface area contributed by atoms with E-state index in [0.717, 1.165) is 25.8 Å². The molecule has 4 aliphatic rings. The van der Waals surface area contributed by atoms with E-state index in [2.05, 4.69) is 30.3 Å². The monoisotopic (exact) mass is 792 g/mol. The van der Waals surface area contributed by atoms with Crippen molar-refractivity contribution >= 4 is 39.6 Å². The standard InChI is InChI=1S/C33H36F3N9O3.C7H12FN/c1-17-8-11-20(22(14-37)42-38-5)23(25(17)33(34,35)36)26-27-21(12-13-39-26)24-28(43(27)6)40-30(47-7)41-29(24)44-15-18-9-10-19(16-44)45(18)31(46)48-32(2,3)4;8-6-4-7-2-1-3-9(7)5-6/h8,11-13,18-19,38H,9-10,15-16H2,1-7H3;6-7H,1-5H2/b42-22-;. The number of hydrogen-bond donors (Lipinski definition) is 1. The maximum atomic E-state index is 14.8. The Morgan fingerprint density at radius 2 is 1.77 bits per heavy atom. The van der Waals surface area contributed by atoms with Gasteiger partial charge in [0.2, 0.25) is 0 Å². The van der Waals surface area contributed by atoms with Crippen LogP contribution in [0.2, 0.25) is 0 Å². The van der Waals surface area contributed by atoms with Crippen molar-refractivity contribution < 1.29 is 31.8 Å². The van der Waals surface area contributed by atoms with Crippen LogP contribution in [0.15, 0.2) is 29.5 Å². The van der Waals surface area contributed by atoms with E-state index in [1.807, 2.05) is 31.7 Å². The van der Waals surface area contributed by atoms with Crippen molar-refractivity contribution in [3.63, 3.8) is 0 Å². The highest BCUT2D eigenvalue weighted by molar-refractivity contribution is 6.19. The summed E-state index contributed by atoms with van der Waals surface area (Å²) >= 11 is 0. The predicted octanol–water partition coefficient (Wildman–Crippen LogP) is 6.75. The molecule has 4 unspecified atom stereocenters. The first-order chi connectivity index (χ1) is 27.0. The lowest BCUT2D eigenvalue weighted by Gasteiger charge is -2.42. The number of carbonyl (C=O) groups is 1. The summed E-state index contributed by atoms with van der Waals surface area (Å²) in [6.45, 7) is 9.67. The van der Waals surface area contributed by atoms with Crippen molar-refractivity contribution in [2.45, 2.75) is 95.9 Å². The second-order valence-corrected chi connectivity index (χ2v) is 16.1. The number of aromatic nitrogens is 4. The molecule has 4 saturated heterocycles. The van der Waals surface area contributed by atoms with E-state index in [0.29, 0.717) is 53.4 Å². The SMILES string of the molecule is CN/N=C(/C#N)c1ccc(C)c(C(F)(F)F)c1-c1nccc2c3c(N4CC5CCC(C4)N5C(=O)OC(C)(C)C)nc(OC)nc3n(C)c12.FC1CC2CCCN2C1. The van der Waals surface area contributed by atoms with Crippen LogP contribution in [0.25, 0.3) is 33.2 Å². The van der Waals surface area contributed by atoms with E-state index in [9.17, 15) is 27.6 Å². The first kappa shape index (κ1) is 40.0. The number of nitrogens with one attached hydrogen (secondary N) is 1. The predicted molar refractivity (Wildman–Crippen MR) is 208 cm³/mol. The fourth-order valence-electron chi connectivity index (χ4n) is 8.99. The van der Waals surface area contributed by atoms with Crippen molar-refractivity contribution in [3.8, 4) is 23.3 Å². The van der Waals surface area contributed by atoms with Crippen molar-refractivity contribution in [3.05, 3.63) is 41.1 Å². The number of carbonyl (C=O) groups excluding carboxylic acids is 1. The Balaban J connectivity index is 0.000000480. The summed E-state index contributed by atoms with van der Waals surface area (Å²) in [4.78, 5) is 33.2. The van der Waals surface area contributed by atoms with Crippen LogP contribution >= 0.6 is 0 Å². The van der Waals surface area contributed by atoms with E-state index in [1.54, 1.807) is 17.7 Å². The third-order valence-electron chi connectivity index (χ3n) is 11.2. The van der Waals surface area contributed by atoms with Gasteiger partial charge in [-0.2, -0.15) is 33.5 Å². The number of benzene rings is 1. The van der Waals surface area contributed by atoms with Gasteiger partial charge in [0.25, 0.3) is 0 Å². The van der Waals surface area contributed by atoms with Gasteiger partial charge in [-0.15, -0.1) is 0 Å². The molecular weight excluding hydrogens is 744 g/mol. The molecule has 3 aromatic heterocycles. The van der Waals surface area contributed by atoms with Crippen molar-refractivity contribution in [1.82, 2.24) is 34.7 Å². The van der Waals surface area contributed by atoms with Crippen LogP contribution in [-0.2, 0) is 18.0 Å². The van der Waals surface area contributed by atoms with Crippen LogP contribution in [-0.4, -0.2) is 111 Å². The van der Waals surface area contributed by atoms with Gasteiger partial charge in [0.15, 0.2) is 5.71 Å². The summed E-state index contributed by atoms with van der Waals surface area (Å²) in [6, 6.07) is 6.88. The molecule has 1 aromatic carbocycles. The number of hydrazone groups is 1. The van der Waals surface area contributed by atoms with Gasteiger partial charge in [0.1, 0.15) is 29.3 Å². The Hall–Kier alpha value is -5.24. The Labute approximate surface area is 328 Å². The Morgan fingerprint density at radius 1 is 1.05 bits per heavy atom. The average Bonchev–Trinajstić information content (AvgIpc) is 3.88. The number of halogens is 4. The highest BCUT2D eigenvalue weighted by atomic mass is 19.4. The zero-order valence-corrected chi connectivity index (χ0v) is 33.2. The largest absolute Gasteiger partial charge is 0.467 e. The molecule has 0 spiro atoms. The number of piperazine rings is 1. The number of nitriles is 1. The quantitative estimate of drug-likeness (QED) is 0.131. The molecule has 57 heavy (non-hydrogen) atoms. The van der Waals surface area contributed by atoms with E-state index in [1.165, 1.54) is 52.3 Å². The zero-order valence-electron chi connectivity index (χ0n) is 33.2. The summed E-state index contributed by atoms with van der Waals surface area (Å²) in [7, 11) is 4.61. The number of fused-ring (bicyclic) bond motifs is 6. The number of rotatable bonds is 5. The van der Waals surface area contributed by atoms with Gasteiger partial charge in [-0.1, -0.05) is 12.1 Å². The maximum Gasteiger partial charge on any atom is 0.417 e. The Kier molecular flexibility index (Phi) is 10.7. The lowest BCUT2D eigenvalue weighted by molar-refractivity contribution is -0.137. The molecule has 304 valence electrons. The number of anilines is 1. The van der Waals surface area contributed by atoms with E-state index < -0.39 is 23.5 Å². The van der Waals surface area contributed by atoms with Crippen molar-refractivity contribution in [2.24, 2.45) is 12.1 Å². The number of ether oxygens (including phenoxy) is 2. The van der Waals surface area contributed by atoms with Crippen LogP contribution in [0.1, 0.15) is 69.6 Å². The Bertz CT molecular complexity index is 2240. The summed E-state index contributed by atoms with van der Waals surface area (Å²) in [6.07, 6.45) is 0.720. The molecule has 4 aromatic rings. The number of aryl methyl sites for hydroxylation is 2. The zero-order chi connectivity index (χ0) is 41.0. The fourth-order valence-corrected chi connectivity index (χ4v) is 8.99. The summed E-state index contributed by atoms with van der Waals surface area (Å²) in [5.74, 6) is 0.537. The first-order valence-corrected chi connectivity index (χ1v) is 19.2. The lowest BCUT2D eigenvalue weighted by Crippen LogP contribution is -2.57. The molecule has 4 atom stereocenters. The molecule has 7 heterocycles. The van der Waals surface area contributed by atoms with Gasteiger partial charge in [0.05, 0.1) is 41.4 Å². The molecule has 1 N–H and O–H groups in total. The third kappa shape index (κ3) is 7.51. The van der Waals surface area contributed by atoms with Crippen LogP contribution in [0.5, 0.6) is 6.01 Å². The minimum atomic E-state index is -4.77. The molecule has 4 fully saturated rings. The van der Waals surface area contributed by atoms with Gasteiger partial charge in [-0.05, 0) is 78.0 Å². The van der Waals surface area contributed by atoms with E-state index in [4.69, 9.17) is 14.5 Å².